The van der Waals surface area contributed by atoms with E-state index in [9.17, 15) is 10.1 Å². The maximum atomic E-state index is 10.8. The molecule has 2 aromatic rings. The molecule has 0 spiro atoms. The van der Waals surface area contributed by atoms with E-state index in [1.165, 1.54) is 6.07 Å². The van der Waals surface area contributed by atoms with Gasteiger partial charge in [-0.2, -0.15) is 0 Å². The highest BCUT2D eigenvalue weighted by atomic mass is 16.6. The van der Waals surface area contributed by atoms with Crippen LogP contribution in [0, 0.1) is 10.1 Å². The van der Waals surface area contributed by atoms with E-state index in [-0.39, 0.29) is 10.6 Å². The van der Waals surface area contributed by atoms with Crippen LogP contribution in [-0.4, -0.2) is 4.92 Å². The molecule has 82 valence electrons. The molecule has 3 heteroatoms. The van der Waals surface area contributed by atoms with Gasteiger partial charge >= 0.3 is 0 Å². The summed E-state index contributed by atoms with van der Waals surface area (Å²) in [5, 5.41) is 10.8. The lowest BCUT2D eigenvalue weighted by Gasteiger charge is -1.99. The summed E-state index contributed by atoms with van der Waals surface area (Å²) in [6.07, 6.45) is 0. The minimum absolute atomic E-state index is 0.109. The molecule has 0 aromatic heterocycles. The Kier molecular flexibility index (Phi) is 1.89. The Balaban J connectivity index is 2.28. The summed E-state index contributed by atoms with van der Waals surface area (Å²) in [6, 6.07) is 12.8. The summed E-state index contributed by atoms with van der Waals surface area (Å²) in [5.41, 5.74) is 5.01. The van der Waals surface area contributed by atoms with Crippen LogP contribution in [0.25, 0.3) is 16.7 Å². The molecule has 0 radical (unpaired) electrons. The number of nitro benzene ring substituents is 1. The van der Waals surface area contributed by atoms with Crippen molar-refractivity contribution in [3.63, 3.8) is 0 Å². The first-order chi connectivity index (χ1) is 8.18. The van der Waals surface area contributed by atoms with Crippen molar-refractivity contribution >= 4 is 11.3 Å². The molecule has 0 aliphatic heterocycles. The van der Waals surface area contributed by atoms with Gasteiger partial charge in [0.15, 0.2) is 0 Å². The summed E-state index contributed by atoms with van der Waals surface area (Å²) >= 11 is 0. The SMILES string of the molecule is C=C1c2ccccc2-c2ccc([N+](=O)[O-])cc21. The average molecular weight is 223 g/mol. The molecule has 0 atom stereocenters. The lowest BCUT2D eigenvalue weighted by molar-refractivity contribution is -0.384. The fourth-order valence-electron chi connectivity index (χ4n) is 2.26. The summed E-state index contributed by atoms with van der Waals surface area (Å²) < 4.78 is 0. The van der Waals surface area contributed by atoms with Crippen molar-refractivity contribution in [2.45, 2.75) is 0 Å². The van der Waals surface area contributed by atoms with E-state index in [0.717, 1.165) is 27.8 Å². The van der Waals surface area contributed by atoms with Crippen molar-refractivity contribution in [2.24, 2.45) is 0 Å². The Morgan fingerprint density at radius 3 is 2.29 bits per heavy atom. The number of nitro groups is 1. The van der Waals surface area contributed by atoms with Crippen molar-refractivity contribution in [3.8, 4) is 11.1 Å². The van der Waals surface area contributed by atoms with Gasteiger partial charge in [0.1, 0.15) is 0 Å². The van der Waals surface area contributed by atoms with Gasteiger partial charge in [0, 0.05) is 12.1 Å². The molecule has 1 aliphatic rings. The van der Waals surface area contributed by atoms with Crippen molar-refractivity contribution in [1.82, 2.24) is 0 Å². The van der Waals surface area contributed by atoms with Gasteiger partial charge in [0.05, 0.1) is 4.92 Å². The van der Waals surface area contributed by atoms with Crippen LogP contribution in [0.15, 0.2) is 49.0 Å². The predicted octanol–water partition coefficient (Wildman–Crippen LogP) is 3.64. The molecule has 3 nitrogen and oxygen atoms in total. The summed E-state index contributed by atoms with van der Waals surface area (Å²) in [4.78, 5) is 10.4. The van der Waals surface area contributed by atoms with E-state index in [4.69, 9.17) is 0 Å². The molecule has 0 bridgehead atoms. The van der Waals surface area contributed by atoms with E-state index in [2.05, 4.69) is 6.58 Å². The maximum Gasteiger partial charge on any atom is 0.270 e. The highest BCUT2D eigenvalue weighted by molar-refractivity contribution is 6.00. The predicted molar refractivity (Wildman–Crippen MR) is 66.7 cm³/mol. The first-order valence-corrected chi connectivity index (χ1v) is 5.26. The Labute approximate surface area is 98.2 Å². The van der Waals surface area contributed by atoms with E-state index >= 15 is 0 Å². The van der Waals surface area contributed by atoms with Gasteiger partial charge in [-0.05, 0) is 33.9 Å². The van der Waals surface area contributed by atoms with Gasteiger partial charge in [-0.25, -0.2) is 0 Å². The zero-order valence-corrected chi connectivity index (χ0v) is 9.01. The molecule has 3 rings (SSSR count). The fourth-order valence-corrected chi connectivity index (χ4v) is 2.26. The van der Waals surface area contributed by atoms with E-state index in [1.807, 2.05) is 24.3 Å². The molecule has 17 heavy (non-hydrogen) atoms. The van der Waals surface area contributed by atoms with E-state index in [1.54, 1.807) is 12.1 Å². The lowest BCUT2D eigenvalue weighted by Crippen LogP contribution is -1.89. The largest absolute Gasteiger partial charge is 0.270 e. The second-order valence-corrected chi connectivity index (χ2v) is 4.01. The molecule has 1 aliphatic carbocycles. The maximum absolute atomic E-state index is 10.8. The van der Waals surface area contributed by atoms with Crippen LogP contribution in [0.5, 0.6) is 0 Å². The standard InChI is InChI=1S/C14H9NO2/c1-9-11-4-2-3-5-12(11)13-7-6-10(15(16)17)8-14(9)13/h2-8H,1H2. The number of hydrogen-bond donors (Lipinski definition) is 0. The van der Waals surface area contributed by atoms with Gasteiger partial charge in [0.25, 0.3) is 5.69 Å². The Hall–Kier alpha value is -2.42. The molecule has 0 saturated heterocycles. The van der Waals surface area contributed by atoms with E-state index in [0.29, 0.717) is 0 Å². The molecule has 0 unspecified atom stereocenters. The zero-order chi connectivity index (χ0) is 12.0. The monoisotopic (exact) mass is 223 g/mol. The van der Waals surface area contributed by atoms with Crippen molar-refractivity contribution in [2.75, 3.05) is 0 Å². The number of hydrogen-bond acceptors (Lipinski definition) is 2. The summed E-state index contributed by atoms with van der Waals surface area (Å²) in [6.45, 7) is 4.01. The molecule has 0 heterocycles. The summed E-state index contributed by atoms with van der Waals surface area (Å²) in [7, 11) is 0. The van der Waals surface area contributed by atoms with Crippen LogP contribution >= 0.6 is 0 Å². The van der Waals surface area contributed by atoms with E-state index < -0.39 is 0 Å². The molecule has 0 N–H and O–H groups in total. The van der Waals surface area contributed by atoms with Crippen molar-refractivity contribution < 1.29 is 4.92 Å². The first kappa shape index (κ1) is 9.78. The summed E-state index contributed by atoms with van der Waals surface area (Å²) in [5.74, 6) is 0. The fraction of sp³-hybridized carbons (Fsp3) is 0. The molecular formula is C14H9NO2. The Morgan fingerprint density at radius 1 is 0.941 bits per heavy atom. The van der Waals surface area contributed by atoms with Crippen LogP contribution in [0.4, 0.5) is 5.69 Å². The van der Waals surface area contributed by atoms with Crippen molar-refractivity contribution in [3.05, 3.63) is 70.3 Å². The second-order valence-electron chi connectivity index (χ2n) is 4.01. The van der Waals surface area contributed by atoms with Gasteiger partial charge < -0.3 is 0 Å². The number of non-ortho nitro benzene ring substituents is 1. The van der Waals surface area contributed by atoms with Crippen molar-refractivity contribution in [1.29, 1.82) is 0 Å². The minimum Gasteiger partial charge on any atom is -0.258 e. The third-order valence-electron chi connectivity index (χ3n) is 3.08. The average Bonchev–Trinajstić information content (AvgIpc) is 2.64. The number of rotatable bonds is 1. The van der Waals surface area contributed by atoms with Gasteiger partial charge in [-0.15, -0.1) is 0 Å². The second kappa shape index (κ2) is 3.28. The number of benzene rings is 2. The van der Waals surface area contributed by atoms with Gasteiger partial charge in [0.2, 0.25) is 0 Å². The molecule has 0 amide bonds. The molecule has 0 fully saturated rings. The quantitative estimate of drug-likeness (QED) is 0.467. The van der Waals surface area contributed by atoms with Gasteiger partial charge in [-0.1, -0.05) is 30.8 Å². The third-order valence-corrected chi connectivity index (χ3v) is 3.08. The normalized spacial score (nSPS) is 12.1. The highest BCUT2D eigenvalue weighted by Gasteiger charge is 2.23. The number of fused-ring (bicyclic) bond motifs is 3. The van der Waals surface area contributed by atoms with Crippen LogP contribution in [-0.2, 0) is 0 Å². The molecule has 2 aromatic carbocycles. The Bertz CT molecular complexity index is 659. The van der Waals surface area contributed by atoms with Gasteiger partial charge in [-0.3, -0.25) is 10.1 Å². The van der Waals surface area contributed by atoms with Crippen LogP contribution < -0.4 is 0 Å². The minimum atomic E-state index is -0.378. The molecular weight excluding hydrogens is 214 g/mol. The van der Waals surface area contributed by atoms with Crippen LogP contribution in [0.3, 0.4) is 0 Å². The Morgan fingerprint density at radius 2 is 1.59 bits per heavy atom. The van der Waals surface area contributed by atoms with Crippen LogP contribution in [0.2, 0.25) is 0 Å². The smallest absolute Gasteiger partial charge is 0.258 e. The molecule has 0 saturated carbocycles. The lowest BCUT2D eigenvalue weighted by atomic mass is 10.1. The topological polar surface area (TPSA) is 43.1 Å². The van der Waals surface area contributed by atoms with Crippen LogP contribution in [0.1, 0.15) is 11.1 Å². The third kappa shape index (κ3) is 1.29. The highest BCUT2D eigenvalue weighted by Crippen LogP contribution is 2.44. The zero-order valence-electron chi connectivity index (χ0n) is 9.01. The number of nitrogens with zero attached hydrogens (tertiary/aromatic N) is 1. The first-order valence-electron chi connectivity index (χ1n) is 5.26.